The van der Waals surface area contributed by atoms with Crippen molar-refractivity contribution in [3.05, 3.63) is 260 Å². The monoisotopic (exact) mass is 937 g/mol. The number of hydrogen-bond donors (Lipinski definition) is 0. The van der Waals surface area contributed by atoms with Gasteiger partial charge in [-0.1, -0.05) is 226 Å². The third-order valence-electron chi connectivity index (χ3n) is 15.3. The van der Waals surface area contributed by atoms with E-state index in [9.17, 15) is 0 Å². The minimum Gasteiger partial charge on any atom is -0.308 e. The molecule has 10 aromatic carbocycles. The van der Waals surface area contributed by atoms with E-state index in [1.54, 1.807) is 0 Å². The largest absolute Gasteiger partial charge is 0.308 e. The summed E-state index contributed by atoms with van der Waals surface area (Å²) < 4.78 is 4.66. The summed E-state index contributed by atoms with van der Waals surface area (Å²) in [5.41, 5.74) is 12.0. The summed E-state index contributed by atoms with van der Waals surface area (Å²) in [4.78, 5) is 17.0. The van der Waals surface area contributed by atoms with Crippen LogP contribution >= 0.6 is 0 Å². The second-order valence-corrected chi connectivity index (χ2v) is 23.3. The minimum atomic E-state index is -2.92. The average molecular weight is 938 g/mol. The van der Waals surface area contributed by atoms with Crippen molar-refractivity contribution in [3.8, 4) is 45.5 Å². The topological polar surface area (TPSA) is 48.5 Å². The molecule has 6 heteroatoms. The number of fused-ring (bicyclic) bond motifs is 9. The van der Waals surface area contributed by atoms with Crippen molar-refractivity contribution in [1.29, 1.82) is 0 Å². The lowest BCUT2D eigenvalue weighted by molar-refractivity contribution is 0.660. The van der Waals surface area contributed by atoms with Gasteiger partial charge in [0.1, 0.15) is 0 Å². The normalized spacial score (nSPS) is 13.0. The maximum Gasteiger partial charge on any atom is 0.238 e. The van der Waals surface area contributed by atoms with Crippen LogP contribution in [-0.4, -0.2) is 32.2 Å². The van der Waals surface area contributed by atoms with Crippen LogP contribution < -0.4 is 20.7 Å². The summed E-state index contributed by atoms with van der Waals surface area (Å²) in [6.45, 7) is 4.69. The Labute approximate surface area is 419 Å². The van der Waals surface area contributed by atoms with E-state index in [-0.39, 0.29) is 5.41 Å². The van der Waals surface area contributed by atoms with Crippen LogP contribution in [0.2, 0.25) is 0 Å². The fourth-order valence-corrected chi connectivity index (χ4v) is 16.9. The lowest BCUT2D eigenvalue weighted by Gasteiger charge is -2.34. The Morgan fingerprint density at radius 1 is 0.333 bits per heavy atom. The Kier molecular flexibility index (Phi) is 9.50. The fraction of sp³-hybridized carbons (Fsp3) is 0.0455. The molecule has 1 aliphatic carbocycles. The van der Waals surface area contributed by atoms with Crippen LogP contribution in [0.1, 0.15) is 25.0 Å². The Bertz CT molecular complexity index is 4050. The highest BCUT2D eigenvalue weighted by molar-refractivity contribution is 7.19. The van der Waals surface area contributed by atoms with Crippen molar-refractivity contribution < 1.29 is 0 Å². The average Bonchev–Trinajstić information content (AvgIpc) is 4.04. The molecule has 13 aromatic rings. The highest BCUT2D eigenvalue weighted by atomic mass is 28.3. The molecule has 0 N–H and O–H groups in total. The van der Waals surface area contributed by atoms with Gasteiger partial charge in [-0.25, -0.2) is 4.98 Å². The molecule has 3 heterocycles. The molecule has 340 valence electrons. The van der Waals surface area contributed by atoms with E-state index in [2.05, 4.69) is 272 Å². The zero-order valence-corrected chi connectivity index (χ0v) is 40.9. The number of para-hydroxylation sites is 4. The summed E-state index contributed by atoms with van der Waals surface area (Å²) in [6.07, 6.45) is 0. The van der Waals surface area contributed by atoms with E-state index < -0.39 is 8.07 Å². The quantitative estimate of drug-likeness (QED) is 0.113. The van der Waals surface area contributed by atoms with E-state index in [0.717, 1.165) is 49.7 Å². The molecule has 0 fully saturated rings. The lowest BCUT2D eigenvalue weighted by Crippen LogP contribution is -2.74. The van der Waals surface area contributed by atoms with E-state index in [4.69, 9.17) is 15.0 Å². The van der Waals surface area contributed by atoms with Gasteiger partial charge in [0.25, 0.3) is 0 Å². The molecule has 0 saturated heterocycles. The van der Waals surface area contributed by atoms with Gasteiger partial charge in [0.05, 0.1) is 27.8 Å². The fourth-order valence-electron chi connectivity index (χ4n) is 12.1. The maximum atomic E-state index is 5.70. The molecule has 0 radical (unpaired) electrons. The highest BCUT2D eigenvalue weighted by Gasteiger charge is 2.42. The van der Waals surface area contributed by atoms with Crippen LogP contribution in [0.15, 0.2) is 249 Å². The van der Waals surface area contributed by atoms with Gasteiger partial charge in [-0.2, -0.15) is 9.97 Å². The molecule has 14 rings (SSSR count). The Morgan fingerprint density at radius 2 is 0.778 bits per heavy atom. The van der Waals surface area contributed by atoms with Crippen LogP contribution in [-0.2, 0) is 5.41 Å². The van der Waals surface area contributed by atoms with Gasteiger partial charge < -0.3 is 4.57 Å². The first-order valence-electron chi connectivity index (χ1n) is 24.8. The SMILES string of the molecule is CC1(C)c2ccccc2-c2cc(-n3c4ccccc4c4ccccc43)c(-c3nc(-c4cccc([Si](c5ccccc5)(c5ccccc5)c5ccccc5)c4)nc(-n4c5ccccc5c5ccccc54)n3)cc21. The van der Waals surface area contributed by atoms with Gasteiger partial charge in [-0.3, -0.25) is 4.57 Å². The van der Waals surface area contributed by atoms with Gasteiger partial charge in [-0.15, -0.1) is 0 Å². The molecule has 0 aliphatic heterocycles. The van der Waals surface area contributed by atoms with Gasteiger partial charge in [0.2, 0.25) is 5.95 Å². The van der Waals surface area contributed by atoms with Crippen molar-refractivity contribution in [2.75, 3.05) is 0 Å². The zero-order chi connectivity index (χ0) is 48.0. The Balaban J connectivity index is 1.09. The van der Waals surface area contributed by atoms with Crippen molar-refractivity contribution in [2.45, 2.75) is 19.3 Å². The number of aromatic nitrogens is 5. The van der Waals surface area contributed by atoms with Crippen LogP contribution in [0.3, 0.4) is 0 Å². The second kappa shape index (κ2) is 16.3. The standard InChI is InChI=1S/C66H47N5Si/c1-66(2)56-36-17-12-31-49(56)54-43-62(70-58-37-18-13-32-50(58)51-33-14-19-38-59(51)70)55(42-57(54)66)64-67-63(68-65(69-64)71-60-39-20-15-34-52(60)53-35-16-21-40-61(53)71)44-23-22-30-48(41-44)72(45-24-6-3-7-25-45,46-26-8-4-9-27-46)47-28-10-5-11-29-47/h3-43H,1-2H3. The van der Waals surface area contributed by atoms with E-state index in [1.165, 1.54) is 53.8 Å². The third kappa shape index (κ3) is 6.22. The van der Waals surface area contributed by atoms with Crippen molar-refractivity contribution in [3.63, 3.8) is 0 Å². The molecular weight excluding hydrogens is 891 g/mol. The van der Waals surface area contributed by atoms with E-state index in [1.807, 2.05) is 0 Å². The van der Waals surface area contributed by atoms with Crippen molar-refractivity contribution >= 4 is 72.4 Å². The molecule has 0 saturated carbocycles. The summed E-state index contributed by atoms with van der Waals surface area (Å²) >= 11 is 0. The molecule has 0 bridgehead atoms. The molecule has 0 unspecified atom stereocenters. The minimum absolute atomic E-state index is 0.278. The Morgan fingerprint density at radius 3 is 1.32 bits per heavy atom. The van der Waals surface area contributed by atoms with Gasteiger partial charge in [0, 0.05) is 38.1 Å². The molecule has 5 nitrogen and oxygen atoms in total. The molecule has 72 heavy (non-hydrogen) atoms. The predicted octanol–water partition coefficient (Wildman–Crippen LogP) is 13.1. The summed E-state index contributed by atoms with van der Waals surface area (Å²) in [5.74, 6) is 1.77. The summed E-state index contributed by atoms with van der Waals surface area (Å²) in [5, 5.41) is 9.84. The van der Waals surface area contributed by atoms with Gasteiger partial charge in [-0.05, 0) is 79.4 Å². The first kappa shape index (κ1) is 42.0. The molecule has 0 atom stereocenters. The van der Waals surface area contributed by atoms with Crippen LogP contribution in [0.4, 0.5) is 0 Å². The molecule has 3 aromatic heterocycles. The first-order valence-corrected chi connectivity index (χ1v) is 26.8. The van der Waals surface area contributed by atoms with E-state index >= 15 is 0 Å². The number of rotatable bonds is 8. The second-order valence-electron chi connectivity index (χ2n) is 19.5. The summed E-state index contributed by atoms with van der Waals surface area (Å²) in [7, 11) is -2.92. The summed E-state index contributed by atoms with van der Waals surface area (Å²) in [6, 6.07) is 90.7. The number of hydrogen-bond acceptors (Lipinski definition) is 3. The van der Waals surface area contributed by atoms with E-state index in [0.29, 0.717) is 17.6 Å². The number of nitrogens with zero attached hydrogens (tertiary/aromatic N) is 5. The predicted molar refractivity (Wildman–Crippen MR) is 301 cm³/mol. The Hall–Kier alpha value is -8.97. The van der Waals surface area contributed by atoms with Crippen LogP contribution in [0.5, 0.6) is 0 Å². The van der Waals surface area contributed by atoms with Gasteiger partial charge >= 0.3 is 0 Å². The zero-order valence-electron chi connectivity index (χ0n) is 39.9. The molecule has 0 spiro atoms. The molecule has 0 amide bonds. The molecule has 1 aliphatic rings. The third-order valence-corrected chi connectivity index (χ3v) is 20.1. The van der Waals surface area contributed by atoms with Crippen molar-refractivity contribution in [2.24, 2.45) is 0 Å². The van der Waals surface area contributed by atoms with Crippen LogP contribution in [0, 0.1) is 0 Å². The van der Waals surface area contributed by atoms with Gasteiger partial charge in [0.15, 0.2) is 19.7 Å². The lowest BCUT2D eigenvalue weighted by atomic mass is 9.82. The molecular formula is C66H47N5Si. The highest BCUT2D eigenvalue weighted by Crippen LogP contribution is 2.51. The number of benzene rings is 10. The van der Waals surface area contributed by atoms with Crippen LogP contribution in [0.25, 0.3) is 89.2 Å². The van der Waals surface area contributed by atoms with Crippen molar-refractivity contribution in [1.82, 2.24) is 24.1 Å². The first-order chi connectivity index (χ1) is 35.5. The smallest absolute Gasteiger partial charge is 0.238 e. The maximum absolute atomic E-state index is 5.70.